The molecule has 2 unspecified atom stereocenters. The molecule has 2 aromatic rings. The van der Waals surface area contributed by atoms with E-state index in [1.165, 1.54) is 11.0 Å². The zero-order valence-corrected chi connectivity index (χ0v) is 23.2. The van der Waals surface area contributed by atoms with Crippen LogP contribution in [-0.2, 0) is 23.9 Å². The standard InChI is InChI=1S/C32H38N2O6/c1-5-15-33(23-12-11-21-9-7-8-10-22(21)18-23)30(37)28-32-14-13-25(40-32)26(31(38)39-16-6-2)27(32)29(36)34(28)24(19-35)17-20(3)4/h5-12,18,20,24-28,35H,1-2,13-17,19H2,3-4H3/t24-,25+,26-,27+,28?,32?/m1/s1. The van der Waals surface area contributed by atoms with Gasteiger partial charge in [0.05, 0.1) is 30.6 Å². The van der Waals surface area contributed by atoms with E-state index in [2.05, 4.69) is 13.2 Å². The number of fused-ring (bicyclic) bond motifs is 2. The molecule has 2 amide bonds. The van der Waals surface area contributed by atoms with Gasteiger partial charge in [0, 0.05) is 12.2 Å². The van der Waals surface area contributed by atoms with Crippen LogP contribution in [0.3, 0.4) is 0 Å². The molecule has 0 aliphatic carbocycles. The molecule has 3 fully saturated rings. The van der Waals surface area contributed by atoms with Crippen molar-refractivity contribution in [3.05, 3.63) is 67.8 Å². The molecule has 212 valence electrons. The highest BCUT2D eigenvalue weighted by atomic mass is 16.6. The third-order valence-electron chi connectivity index (χ3n) is 8.56. The number of ether oxygens (including phenoxy) is 2. The lowest BCUT2D eigenvalue weighted by Gasteiger charge is -2.39. The number of hydrogen-bond donors (Lipinski definition) is 1. The number of carbonyl (C=O) groups excluding carboxylic acids is 3. The van der Waals surface area contributed by atoms with E-state index in [4.69, 9.17) is 9.47 Å². The summed E-state index contributed by atoms with van der Waals surface area (Å²) in [5.74, 6) is -2.67. The Balaban J connectivity index is 1.60. The van der Waals surface area contributed by atoms with Gasteiger partial charge < -0.3 is 24.4 Å². The lowest BCUT2D eigenvalue weighted by atomic mass is 9.70. The van der Waals surface area contributed by atoms with E-state index in [0.717, 1.165) is 10.8 Å². The summed E-state index contributed by atoms with van der Waals surface area (Å²) >= 11 is 0. The lowest BCUT2D eigenvalue weighted by Crippen LogP contribution is -2.59. The van der Waals surface area contributed by atoms with Crippen LogP contribution in [0.2, 0.25) is 0 Å². The number of benzene rings is 2. The monoisotopic (exact) mass is 546 g/mol. The van der Waals surface area contributed by atoms with Gasteiger partial charge in [0.2, 0.25) is 5.91 Å². The number of carbonyl (C=O) groups is 3. The molecule has 1 N–H and O–H groups in total. The average molecular weight is 547 g/mol. The third kappa shape index (κ3) is 4.53. The molecule has 6 atom stereocenters. The van der Waals surface area contributed by atoms with Gasteiger partial charge >= 0.3 is 5.97 Å². The van der Waals surface area contributed by atoms with E-state index in [9.17, 15) is 19.5 Å². The predicted molar refractivity (Wildman–Crippen MR) is 152 cm³/mol. The van der Waals surface area contributed by atoms with Gasteiger partial charge in [0.15, 0.2) is 0 Å². The molecule has 0 saturated carbocycles. The van der Waals surface area contributed by atoms with Crippen LogP contribution >= 0.6 is 0 Å². The fraction of sp³-hybridized carbons (Fsp3) is 0.469. The smallest absolute Gasteiger partial charge is 0.312 e. The lowest BCUT2D eigenvalue weighted by molar-refractivity contribution is -0.155. The first kappa shape index (κ1) is 28.1. The molecule has 40 heavy (non-hydrogen) atoms. The van der Waals surface area contributed by atoms with Crippen LogP contribution in [0.4, 0.5) is 5.69 Å². The van der Waals surface area contributed by atoms with Crippen LogP contribution in [0, 0.1) is 17.8 Å². The van der Waals surface area contributed by atoms with E-state index in [0.29, 0.717) is 24.9 Å². The van der Waals surface area contributed by atoms with E-state index < -0.39 is 41.6 Å². The second-order valence-electron chi connectivity index (χ2n) is 11.5. The molecule has 2 bridgehead atoms. The first-order valence-electron chi connectivity index (χ1n) is 14.1. The molecule has 3 aliphatic heterocycles. The largest absolute Gasteiger partial charge is 0.461 e. The van der Waals surface area contributed by atoms with Crippen molar-refractivity contribution in [2.45, 2.75) is 56.9 Å². The van der Waals surface area contributed by atoms with Crippen molar-refractivity contribution in [2.75, 3.05) is 24.7 Å². The number of nitrogens with zero attached hydrogens (tertiary/aromatic N) is 2. The summed E-state index contributed by atoms with van der Waals surface area (Å²) in [6, 6.07) is 12.1. The Morgan fingerprint density at radius 2 is 1.95 bits per heavy atom. The maximum absolute atomic E-state index is 14.7. The molecule has 0 radical (unpaired) electrons. The van der Waals surface area contributed by atoms with Crippen molar-refractivity contribution in [2.24, 2.45) is 17.8 Å². The topological polar surface area (TPSA) is 96.4 Å². The van der Waals surface area contributed by atoms with E-state index in [1.54, 1.807) is 11.0 Å². The zero-order chi connectivity index (χ0) is 28.6. The molecule has 5 rings (SSSR count). The first-order valence-corrected chi connectivity index (χ1v) is 14.1. The Kier molecular flexibility index (Phi) is 7.84. The van der Waals surface area contributed by atoms with Gasteiger partial charge in [-0.15, -0.1) is 6.58 Å². The summed E-state index contributed by atoms with van der Waals surface area (Å²) in [6.45, 7) is 11.5. The second-order valence-corrected chi connectivity index (χ2v) is 11.5. The van der Waals surface area contributed by atoms with Crippen LogP contribution in [0.5, 0.6) is 0 Å². The van der Waals surface area contributed by atoms with Gasteiger partial charge in [-0.25, -0.2) is 0 Å². The van der Waals surface area contributed by atoms with Crippen LogP contribution in [0.25, 0.3) is 10.8 Å². The Bertz CT molecular complexity index is 1320. The minimum atomic E-state index is -1.18. The van der Waals surface area contributed by atoms with E-state index in [-0.39, 0.29) is 37.5 Å². The molecule has 8 nitrogen and oxygen atoms in total. The molecule has 3 aliphatic rings. The Morgan fingerprint density at radius 1 is 1.20 bits per heavy atom. The van der Waals surface area contributed by atoms with Crippen molar-refractivity contribution in [3.8, 4) is 0 Å². The Labute approximate surface area is 235 Å². The van der Waals surface area contributed by atoms with Crippen molar-refractivity contribution in [1.82, 2.24) is 4.90 Å². The van der Waals surface area contributed by atoms with Gasteiger partial charge in [0.1, 0.15) is 18.2 Å². The average Bonchev–Trinajstić information content (AvgIpc) is 3.60. The van der Waals surface area contributed by atoms with Crippen LogP contribution in [0.15, 0.2) is 67.8 Å². The quantitative estimate of drug-likeness (QED) is 0.340. The summed E-state index contributed by atoms with van der Waals surface area (Å²) in [6.07, 6.45) is 4.14. The van der Waals surface area contributed by atoms with Crippen LogP contribution < -0.4 is 4.90 Å². The normalized spacial score (nSPS) is 27.6. The van der Waals surface area contributed by atoms with Gasteiger partial charge in [-0.2, -0.15) is 0 Å². The van der Waals surface area contributed by atoms with Gasteiger partial charge in [-0.3, -0.25) is 14.4 Å². The molecule has 0 aromatic heterocycles. The number of anilines is 1. The number of likely N-dealkylation sites (tertiary alicyclic amines) is 1. The van der Waals surface area contributed by atoms with Crippen molar-refractivity contribution >= 4 is 34.2 Å². The number of aliphatic hydroxyl groups is 1. The van der Waals surface area contributed by atoms with Crippen LogP contribution in [-0.4, -0.2) is 71.3 Å². The van der Waals surface area contributed by atoms with Gasteiger partial charge in [-0.05, 0) is 48.1 Å². The Hall–Kier alpha value is -3.49. The molecular formula is C32H38N2O6. The molecule has 1 spiro atoms. The minimum Gasteiger partial charge on any atom is -0.461 e. The maximum atomic E-state index is 14.7. The molecule has 3 saturated heterocycles. The minimum absolute atomic E-state index is 0.0315. The highest BCUT2D eigenvalue weighted by Crippen LogP contribution is 2.59. The highest BCUT2D eigenvalue weighted by molar-refractivity contribution is 6.05. The van der Waals surface area contributed by atoms with Crippen LogP contribution in [0.1, 0.15) is 33.1 Å². The van der Waals surface area contributed by atoms with Crippen molar-refractivity contribution in [1.29, 1.82) is 0 Å². The maximum Gasteiger partial charge on any atom is 0.312 e. The first-order chi connectivity index (χ1) is 19.3. The summed E-state index contributed by atoms with van der Waals surface area (Å²) in [7, 11) is 0. The molecule has 3 heterocycles. The molecule has 2 aromatic carbocycles. The number of rotatable bonds is 11. The predicted octanol–water partition coefficient (Wildman–Crippen LogP) is 3.87. The summed E-state index contributed by atoms with van der Waals surface area (Å²) in [5, 5.41) is 12.5. The number of aliphatic hydroxyl groups excluding tert-OH is 1. The fourth-order valence-electron chi connectivity index (χ4n) is 7.03. The van der Waals surface area contributed by atoms with Gasteiger partial charge in [-0.1, -0.05) is 62.9 Å². The molecular weight excluding hydrogens is 508 g/mol. The fourth-order valence-corrected chi connectivity index (χ4v) is 7.03. The number of amides is 2. The number of esters is 1. The Morgan fingerprint density at radius 3 is 2.62 bits per heavy atom. The van der Waals surface area contributed by atoms with Crippen molar-refractivity contribution in [3.63, 3.8) is 0 Å². The van der Waals surface area contributed by atoms with E-state index >= 15 is 0 Å². The molecule has 8 heteroatoms. The van der Waals surface area contributed by atoms with E-state index in [1.807, 2.05) is 56.3 Å². The van der Waals surface area contributed by atoms with Gasteiger partial charge in [0.25, 0.3) is 5.91 Å². The summed E-state index contributed by atoms with van der Waals surface area (Å²) in [4.78, 5) is 45.3. The summed E-state index contributed by atoms with van der Waals surface area (Å²) < 4.78 is 11.9. The summed E-state index contributed by atoms with van der Waals surface area (Å²) in [5.41, 5.74) is -0.507. The second kappa shape index (κ2) is 11.2. The van der Waals surface area contributed by atoms with Crippen molar-refractivity contribution < 1.29 is 29.0 Å². The highest BCUT2D eigenvalue weighted by Gasteiger charge is 2.75. The third-order valence-corrected chi connectivity index (χ3v) is 8.56. The SMILES string of the molecule is C=CCOC(=O)[C@@H]1[C@@H]2CCC3(O2)C(C(=O)N(CC=C)c2ccc4ccccc4c2)N([C@@H](CO)CC(C)C)C(=O)[C@H]13. The number of hydrogen-bond acceptors (Lipinski definition) is 6. The zero-order valence-electron chi connectivity index (χ0n) is 23.2.